The highest BCUT2D eigenvalue weighted by molar-refractivity contribution is 5.82. The van der Waals surface area contributed by atoms with Crippen LogP contribution in [0.4, 0.5) is 4.39 Å². The third-order valence-electron chi connectivity index (χ3n) is 2.29. The minimum atomic E-state index is -0.317. The van der Waals surface area contributed by atoms with Crippen molar-refractivity contribution in [3.05, 3.63) is 29.7 Å². The smallest absolute Gasteiger partial charge is 0.151 e. The number of nitrogens with zero attached hydrogens (tertiary/aromatic N) is 2. The molecule has 0 saturated heterocycles. The minimum absolute atomic E-state index is 0.0468. The quantitative estimate of drug-likeness (QED) is 0.781. The summed E-state index contributed by atoms with van der Waals surface area (Å²) in [7, 11) is 1.75. The van der Waals surface area contributed by atoms with Crippen molar-refractivity contribution >= 4 is 10.9 Å². The Morgan fingerprint density at radius 2 is 2.29 bits per heavy atom. The molecule has 1 N–H and O–H groups in total. The van der Waals surface area contributed by atoms with Gasteiger partial charge in [-0.15, -0.1) is 0 Å². The molecule has 1 aromatic carbocycles. The highest BCUT2D eigenvalue weighted by Crippen LogP contribution is 2.20. The number of aliphatic hydroxyl groups excluding tert-OH is 1. The minimum Gasteiger partial charge on any atom is -0.396 e. The highest BCUT2D eigenvalue weighted by atomic mass is 19.1. The Bertz CT molecular complexity index is 464. The molecule has 4 heteroatoms. The molecular formula is C10H11FN2O. The van der Waals surface area contributed by atoms with Crippen molar-refractivity contribution in [3.8, 4) is 0 Å². The molecule has 0 spiro atoms. The first-order valence-electron chi connectivity index (χ1n) is 4.45. The Morgan fingerprint density at radius 1 is 1.50 bits per heavy atom. The fourth-order valence-electron chi connectivity index (χ4n) is 1.64. The van der Waals surface area contributed by atoms with E-state index in [-0.39, 0.29) is 12.4 Å². The predicted octanol–water partition coefficient (Wildman–Crippen LogP) is 1.25. The van der Waals surface area contributed by atoms with Crippen molar-refractivity contribution in [1.29, 1.82) is 0 Å². The molecule has 0 amide bonds. The van der Waals surface area contributed by atoms with Crippen LogP contribution >= 0.6 is 0 Å². The van der Waals surface area contributed by atoms with E-state index >= 15 is 0 Å². The number of halogens is 1. The third kappa shape index (κ3) is 1.28. The van der Waals surface area contributed by atoms with Crippen LogP contribution in [0.25, 0.3) is 10.9 Å². The third-order valence-corrected chi connectivity index (χ3v) is 2.29. The van der Waals surface area contributed by atoms with Gasteiger partial charge in [0, 0.05) is 31.2 Å². The van der Waals surface area contributed by atoms with E-state index in [0.29, 0.717) is 11.9 Å². The molecule has 0 radical (unpaired) electrons. The molecule has 74 valence electrons. The summed E-state index contributed by atoms with van der Waals surface area (Å²) in [6, 6.07) is 4.86. The average molecular weight is 194 g/mol. The fraction of sp³-hybridized carbons (Fsp3) is 0.300. The topological polar surface area (TPSA) is 38.0 Å². The first-order valence-corrected chi connectivity index (χ1v) is 4.45. The van der Waals surface area contributed by atoms with Crippen molar-refractivity contribution < 1.29 is 9.50 Å². The van der Waals surface area contributed by atoms with Gasteiger partial charge in [-0.1, -0.05) is 12.1 Å². The van der Waals surface area contributed by atoms with Gasteiger partial charge in [-0.05, 0) is 6.07 Å². The number of hydrogen-bond acceptors (Lipinski definition) is 2. The standard InChI is InChI=1S/C10H11FN2O/c1-13-9(5-6-14)7-3-2-4-8(11)10(7)12-13/h2-4,14H,5-6H2,1H3. The normalized spacial score (nSPS) is 11.1. The van der Waals surface area contributed by atoms with Gasteiger partial charge in [-0.3, -0.25) is 4.68 Å². The van der Waals surface area contributed by atoms with Gasteiger partial charge >= 0.3 is 0 Å². The second kappa shape index (κ2) is 3.38. The Balaban J connectivity index is 2.70. The second-order valence-corrected chi connectivity index (χ2v) is 3.18. The zero-order valence-corrected chi connectivity index (χ0v) is 7.87. The molecule has 2 aromatic rings. The molecule has 0 fully saturated rings. The van der Waals surface area contributed by atoms with Gasteiger partial charge in [-0.25, -0.2) is 4.39 Å². The summed E-state index contributed by atoms with van der Waals surface area (Å²) in [5.74, 6) is -0.317. The Labute approximate surface area is 80.8 Å². The lowest BCUT2D eigenvalue weighted by molar-refractivity contribution is 0.296. The van der Waals surface area contributed by atoms with Gasteiger partial charge in [0.1, 0.15) is 5.52 Å². The van der Waals surface area contributed by atoms with Gasteiger partial charge < -0.3 is 5.11 Å². The van der Waals surface area contributed by atoms with Crippen LogP contribution in [0.2, 0.25) is 0 Å². The predicted molar refractivity (Wildman–Crippen MR) is 51.5 cm³/mol. The Kier molecular flexibility index (Phi) is 2.21. The van der Waals surface area contributed by atoms with Gasteiger partial charge in [0.2, 0.25) is 0 Å². The molecule has 0 bridgehead atoms. The molecule has 2 rings (SSSR count). The lowest BCUT2D eigenvalue weighted by Crippen LogP contribution is -2.00. The van der Waals surface area contributed by atoms with Gasteiger partial charge in [0.15, 0.2) is 5.82 Å². The van der Waals surface area contributed by atoms with Crippen molar-refractivity contribution in [1.82, 2.24) is 9.78 Å². The molecule has 3 nitrogen and oxygen atoms in total. The van der Waals surface area contributed by atoms with Crippen molar-refractivity contribution in [2.75, 3.05) is 6.61 Å². The SMILES string of the molecule is Cn1nc2c(F)cccc2c1CCO. The molecule has 1 aromatic heterocycles. The zero-order chi connectivity index (χ0) is 10.1. The molecule has 1 heterocycles. The van der Waals surface area contributed by atoms with Crippen molar-refractivity contribution in [2.45, 2.75) is 6.42 Å². The van der Waals surface area contributed by atoms with E-state index in [1.54, 1.807) is 17.8 Å². The molecule has 0 aliphatic rings. The van der Waals surface area contributed by atoms with Crippen LogP contribution in [0.3, 0.4) is 0 Å². The summed E-state index contributed by atoms with van der Waals surface area (Å²) < 4.78 is 14.9. The summed E-state index contributed by atoms with van der Waals surface area (Å²) in [5.41, 5.74) is 1.24. The summed E-state index contributed by atoms with van der Waals surface area (Å²) >= 11 is 0. The van der Waals surface area contributed by atoms with Crippen LogP contribution in [0.1, 0.15) is 5.69 Å². The molecule has 0 aliphatic carbocycles. The molecule has 0 atom stereocenters. The number of aryl methyl sites for hydroxylation is 1. The Morgan fingerprint density at radius 3 is 3.00 bits per heavy atom. The Hall–Kier alpha value is -1.42. The maximum absolute atomic E-state index is 13.3. The van der Waals surface area contributed by atoms with Crippen LogP contribution in [0.5, 0.6) is 0 Å². The number of aliphatic hydroxyl groups is 1. The van der Waals surface area contributed by atoms with Crippen molar-refractivity contribution in [2.24, 2.45) is 7.05 Å². The number of fused-ring (bicyclic) bond motifs is 1. The summed E-state index contributed by atoms with van der Waals surface area (Å²) in [6.07, 6.45) is 0.496. The van der Waals surface area contributed by atoms with Crippen LogP contribution in [0.15, 0.2) is 18.2 Å². The fourth-order valence-corrected chi connectivity index (χ4v) is 1.64. The number of aromatic nitrogens is 2. The average Bonchev–Trinajstić information content (AvgIpc) is 2.47. The first kappa shape index (κ1) is 9.15. The lowest BCUT2D eigenvalue weighted by Gasteiger charge is -1.98. The second-order valence-electron chi connectivity index (χ2n) is 3.18. The largest absolute Gasteiger partial charge is 0.396 e. The van der Waals surface area contributed by atoms with Gasteiger partial charge in [0.05, 0.1) is 0 Å². The van der Waals surface area contributed by atoms with E-state index in [9.17, 15) is 4.39 Å². The monoisotopic (exact) mass is 194 g/mol. The van der Waals surface area contributed by atoms with E-state index in [4.69, 9.17) is 5.11 Å². The van der Waals surface area contributed by atoms with Crippen LogP contribution < -0.4 is 0 Å². The number of hydrogen-bond donors (Lipinski definition) is 1. The summed E-state index contributed by atoms with van der Waals surface area (Å²) in [5, 5.41) is 13.7. The van der Waals surface area contributed by atoms with Crippen LogP contribution in [-0.4, -0.2) is 21.5 Å². The highest BCUT2D eigenvalue weighted by Gasteiger charge is 2.10. The molecular weight excluding hydrogens is 183 g/mol. The van der Waals surface area contributed by atoms with E-state index in [2.05, 4.69) is 5.10 Å². The molecule has 0 unspecified atom stereocenters. The van der Waals surface area contributed by atoms with Crippen molar-refractivity contribution in [3.63, 3.8) is 0 Å². The van der Waals surface area contributed by atoms with E-state index in [1.165, 1.54) is 6.07 Å². The maximum Gasteiger partial charge on any atom is 0.151 e. The van der Waals surface area contributed by atoms with E-state index < -0.39 is 0 Å². The molecule has 14 heavy (non-hydrogen) atoms. The van der Waals surface area contributed by atoms with Crippen LogP contribution in [-0.2, 0) is 13.5 Å². The zero-order valence-electron chi connectivity index (χ0n) is 7.87. The van der Waals surface area contributed by atoms with Crippen LogP contribution in [0, 0.1) is 5.82 Å². The van der Waals surface area contributed by atoms with Gasteiger partial charge in [-0.2, -0.15) is 5.10 Å². The molecule has 0 aliphatic heterocycles. The number of rotatable bonds is 2. The maximum atomic E-state index is 13.3. The number of benzene rings is 1. The summed E-state index contributed by atoms with van der Waals surface area (Å²) in [6.45, 7) is 0.0468. The van der Waals surface area contributed by atoms with E-state index in [0.717, 1.165) is 11.1 Å². The molecule has 0 saturated carbocycles. The lowest BCUT2D eigenvalue weighted by atomic mass is 10.1. The first-order chi connectivity index (χ1) is 6.74. The summed E-state index contributed by atoms with van der Waals surface area (Å²) in [4.78, 5) is 0. The van der Waals surface area contributed by atoms with E-state index in [1.807, 2.05) is 6.07 Å². The van der Waals surface area contributed by atoms with Gasteiger partial charge in [0.25, 0.3) is 0 Å².